The van der Waals surface area contributed by atoms with Gasteiger partial charge < -0.3 is 9.15 Å². The summed E-state index contributed by atoms with van der Waals surface area (Å²) in [5, 5.41) is 4.52. The maximum absolute atomic E-state index is 5.67. The van der Waals surface area contributed by atoms with Gasteiger partial charge in [-0.2, -0.15) is 0 Å². The summed E-state index contributed by atoms with van der Waals surface area (Å²) < 4.78 is 12.7. The van der Waals surface area contributed by atoms with Crippen LogP contribution >= 0.6 is 12.2 Å². The molecule has 0 aliphatic carbocycles. The van der Waals surface area contributed by atoms with Crippen LogP contribution in [0.2, 0.25) is 0 Å². The van der Waals surface area contributed by atoms with Crippen LogP contribution in [0.5, 0.6) is 5.75 Å². The SMILES string of the molecule is C#CCN1CCN(Cn2nc(-c3ccccc3OC)oc2=S)CC1. The molecule has 0 spiro atoms. The Morgan fingerprint density at radius 2 is 1.96 bits per heavy atom. The number of aromatic nitrogens is 2. The van der Waals surface area contributed by atoms with Gasteiger partial charge in [-0.05, 0) is 24.4 Å². The summed E-state index contributed by atoms with van der Waals surface area (Å²) in [5.41, 5.74) is 0.795. The highest BCUT2D eigenvalue weighted by molar-refractivity contribution is 7.71. The van der Waals surface area contributed by atoms with E-state index in [9.17, 15) is 0 Å². The number of benzene rings is 1. The number of rotatable bonds is 5. The van der Waals surface area contributed by atoms with Crippen LogP contribution in [-0.2, 0) is 6.67 Å². The first-order valence-electron chi connectivity index (χ1n) is 7.81. The van der Waals surface area contributed by atoms with E-state index in [0.29, 0.717) is 29.7 Å². The molecule has 126 valence electrons. The average Bonchev–Trinajstić information content (AvgIpc) is 2.97. The number of ether oxygens (including phenoxy) is 1. The number of para-hydroxylation sites is 1. The fourth-order valence-corrected chi connectivity index (χ4v) is 2.91. The van der Waals surface area contributed by atoms with Crippen LogP contribution in [0.3, 0.4) is 0 Å². The van der Waals surface area contributed by atoms with Crippen molar-refractivity contribution in [1.29, 1.82) is 0 Å². The summed E-state index contributed by atoms with van der Waals surface area (Å²) in [6.45, 7) is 5.08. The lowest BCUT2D eigenvalue weighted by Crippen LogP contribution is -2.46. The largest absolute Gasteiger partial charge is 0.496 e. The van der Waals surface area contributed by atoms with E-state index in [1.807, 2.05) is 24.3 Å². The van der Waals surface area contributed by atoms with Gasteiger partial charge in [-0.1, -0.05) is 18.1 Å². The lowest BCUT2D eigenvalue weighted by atomic mass is 10.2. The minimum atomic E-state index is 0.363. The van der Waals surface area contributed by atoms with Crippen LogP contribution in [0, 0.1) is 17.2 Å². The Balaban J connectivity index is 1.72. The summed E-state index contributed by atoms with van der Waals surface area (Å²) in [6, 6.07) is 7.60. The Bertz CT molecular complexity index is 784. The van der Waals surface area contributed by atoms with Crippen molar-refractivity contribution in [3.05, 3.63) is 29.1 Å². The van der Waals surface area contributed by atoms with Gasteiger partial charge in [-0.25, -0.2) is 4.68 Å². The van der Waals surface area contributed by atoms with Gasteiger partial charge in [-0.3, -0.25) is 9.80 Å². The third-order valence-electron chi connectivity index (χ3n) is 4.06. The zero-order valence-corrected chi connectivity index (χ0v) is 14.5. The molecule has 0 bridgehead atoms. The molecule has 1 aliphatic heterocycles. The molecular formula is C17H20N4O2S. The lowest BCUT2D eigenvalue weighted by molar-refractivity contribution is 0.110. The number of hydrogen-bond acceptors (Lipinski definition) is 6. The van der Waals surface area contributed by atoms with Crippen molar-refractivity contribution in [3.8, 4) is 29.5 Å². The van der Waals surface area contributed by atoms with Gasteiger partial charge >= 0.3 is 0 Å². The van der Waals surface area contributed by atoms with Gasteiger partial charge in [0.25, 0.3) is 10.7 Å². The van der Waals surface area contributed by atoms with E-state index in [-0.39, 0.29) is 0 Å². The molecule has 1 fully saturated rings. The normalized spacial score (nSPS) is 16.0. The van der Waals surface area contributed by atoms with Crippen LogP contribution in [0.4, 0.5) is 0 Å². The third kappa shape index (κ3) is 3.67. The molecule has 1 aromatic heterocycles. The van der Waals surface area contributed by atoms with Gasteiger partial charge in [-0.15, -0.1) is 11.5 Å². The minimum absolute atomic E-state index is 0.363. The first-order valence-corrected chi connectivity index (χ1v) is 8.21. The van der Waals surface area contributed by atoms with Crippen molar-refractivity contribution in [2.75, 3.05) is 39.8 Å². The number of nitrogens with zero attached hydrogens (tertiary/aromatic N) is 4. The fraction of sp³-hybridized carbons (Fsp3) is 0.412. The Kier molecular flexibility index (Phi) is 5.30. The summed E-state index contributed by atoms with van der Waals surface area (Å²) in [7, 11) is 1.63. The molecule has 3 rings (SSSR count). The van der Waals surface area contributed by atoms with Crippen molar-refractivity contribution < 1.29 is 9.15 Å². The monoisotopic (exact) mass is 344 g/mol. The molecule has 1 saturated heterocycles. The maximum atomic E-state index is 5.67. The van der Waals surface area contributed by atoms with Crippen molar-refractivity contribution in [1.82, 2.24) is 19.6 Å². The van der Waals surface area contributed by atoms with E-state index in [4.69, 9.17) is 27.8 Å². The molecule has 0 radical (unpaired) electrons. The van der Waals surface area contributed by atoms with Crippen LogP contribution in [-0.4, -0.2) is 59.4 Å². The van der Waals surface area contributed by atoms with Crippen LogP contribution < -0.4 is 4.74 Å². The molecular weight excluding hydrogens is 324 g/mol. The van der Waals surface area contributed by atoms with Gasteiger partial charge in [0.1, 0.15) is 5.75 Å². The average molecular weight is 344 g/mol. The molecule has 0 amide bonds. The van der Waals surface area contributed by atoms with Gasteiger partial charge in [0.15, 0.2) is 0 Å². The molecule has 1 aromatic carbocycles. The number of terminal acetylenes is 1. The van der Waals surface area contributed by atoms with E-state index < -0.39 is 0 Å². The van der Waals surface area contributed by atoms with Crippen molar-refractivity contribution in [3.63, 3.8) is 0 Å². The molecule has 7 heteroatoms. The van der Waals surface area contributed by atoms with Crippen molar-refractivity contribution in [2.45, 2.75) is 6.67 Å². The quantitative estimate of drug-likeness (QED) is 0.611. The van der Waals surface area contributed by atoms with Crippen molar-refractivity contribution in [2.24, 2.45) is 0 Å². The van der Waals surface area contributed by atoms with E-state index in [0.717, 1.165) is 31.7 Å². The number of piperazine rings is 1. The molecule has 0 N–H and O–H groups in total. The van der Waals surface area contributed by atoms with Gasteiger partial charge in [0, 0.05) is 26.2 Å². The van der Waals surface area contributed by atoms with E-state index >= 15 is 0 Å². The second-order valence-corrected chi connectivity index (χ2v) is 5.96. The zero-order chi connectivity index (χ0) is 16.9. The molecule has 0 unspecified atom stereocenters. The first kappa shape index (κ1) is 16.7. The first-order chi connectivity index (χ1) is 11.7. The second kappa shape index (κ2) is 7.62. The van der Waals surface area contributed by atoms with Crippen LogP contribution in [0.15, 0.2) is 28.7 Å². The number of hydrogen-bond donors (Lipinski definition) is 0. The van der Waals surface area contributed by atoms with Crippen molar-refractivity contribution >= 4 is 12.2 Å². The molecule has 2 aromatic rings. The van der Waals surface area contributed by atoms with Crippen LogP contribution in [0.1, 0.15) is 0 Å². The molecule has 0 saturated carbocycles. The van der Waals surface area contributed by atoms with E-state index in [2.05, 4.69) is 20.8 Å². The predicted molar refractivity (Wildman–Crippen MR) is 94.2 cm³/mol. The fourth-order valence-electron chi connectivity index (χ4n) is 2.73. The van der Waals surface area contributed by atoms with E-state index in [1.54, 1.807) is 11.8 Å². The molecule has 6 nitrogen and oxygen atoms in total. The standard InChI is InChI=1S/C17H20N4O2S/c1-3-8-19-9-11-20(12-10-19)13-21-17(24)23-16(18-21)14-6-4-5-7-15(14)22-2/h1,4-7H,8-13H2,2H3. The Labute approximate surface area is 146 Å². The van der Waals surface area contributed by atoms with Gasteiger partial charge in [0.2, 0.25) is 0 Å². The molecule has 2 heterocycles. The zero-order valence-electron chi connectivity index (χ0n) is 13.6. The van der Waals surface area contributed by atoms with Crippen LogP contribution in [0.25, 0.3) is 11.5 Å². The highest BCUT2D eigenvalue weighted by atomic mass is 32.1. The molecule has 24 heavy (non-hydrogen) atoms. The highest BCUT2D eigenvalue weighted by Gasteiger charge is 2.18. The van der Waals surface area contributed by atoms with Gasteiger partial charge in [0.05, 0.1) is 25.9 Å². The summed E-state index contributed by atoms with van der Waals surface area (Å²) >= 11 is 5.31. The molecule has 1 aliphatic rings. The smallest absolute Gasteiger partial charge is 0.288 e. The topological polar surface area (TPSA) is 46.7 Å². The Morgan fingerprint density at radius 1 is 1.25 bits per heavy atom. The summed E-state index contributed by atoms with van der Waals surface area (Å²) in [4.78, 5) is 4.91. The lowest BCUT2D eigenvalue weighted by Gasteiger charge is -2.33. The molecule has 0 atom stereocenters. The Hall–Kier alpha value is -2.14. The Morgan fingerprint density at radius 3 is 2.67 bits per heavy atom. The predicted octanol–water partition coefficient (Wildman–Crippen LogP) is 2.09. The van der Waals surface area contributed by atoms with E-state index in [1.165, 1.54) is 0 Å². The maximum Gasteiger partial charge on any atom is 0.288 e. The summed E-state index contributed by atoms with van der Waals surface area (Å²) in [6.07, 6.45) is 5.36. The minimum Gasteiger partial charge on any atom is -0.496 e. The second-order valence-electron chi connectivity index (χ2n) is 5.61. The highest BCUT2D eigenvalue weighted by Crippen LogP contribution is 2.28. The number of methoxy groups -OCH3 is 1. The summed E-state index contributed by atoms with van der Waals surface area (Å²) in [5.74, 6) is 3.88. The third-order valence-corrected chi connectivity index (χ3v) is 4.35.